The first-order valence-electron chi connectivity index (χ1n) is 3.08. The number of hydrogen-bond donors (Lipinski definition) is 1. The lowest BCUT2D eigenvalue weighted by atomic mass is 10.5. The second-order valence-corrected chi connectivity index (χ2v) is 2.83. The number of nitrogens with one attached hydrogen (secondary N) is 1. The molecule has 1 aliphatic rings. The van der Waals surface area contributed by atoms with Crippen LogP contribution in [0.2, 0.25) is 0 Å². The van der Waals surface area contributed by atoms with Gasteiger partial charge in [0, 0.05) is 6.04 Å². The Morgan fingerprint density at radius 3 is 2.67 bits per heavy atom. The van der Waals surface area contributed by atoms with Crippen LogP contribution in [0.5, 0.6) is 0 Å². The van der Waals surface area contributed by atoms with Crippen molar-refractivity contribution < 1.29 is 4.74 Å². The lowest BCUT2D eigenvalue weighted by Gasteiger charge is -2.02. The Kier molecular flexibility index (Phi) is 1.90. The Bertz CT molecular complexity index is 126. The molecule has 1 saturated carbocycles. The third-order valence-corrected chi connectivity index (χ3v) is 1.88. The summed E-state index contributed by atoms with van der Waals surface area (Å²) in [5, 5.41) is 3.58. The fraction of sp³-hybridized carbons (Fsp3) is 0.833. The molecule has 0 amide bonds. The van der Waals surface area contributed by atoms with Gasteiger partial charge in [-0.2, -0.15) is 0 Å². The molecule has 1 aliphatic carbocycles. The quantitative estimate of drug-likeness (QED) is 0.554. The number of thiocarbonyl (C=S) groups is 1. The summed E-state index contributed by atoms with van der Waals surface area (Å²) in [7, 11) is 1.59. The third-order valence-electron chi connectivity index (χ3n) is 1.60. The molecule has 2 atom stereocenters. The van der Waals surface area contributed by atoms with Gasteiger partial charge < -0.3 is 10.1 Å². The van der Waals surface area contributed by atoms with Crippen LogP contribution < -0.4 is 5.32 Å². The van der Waals surface area contributed by atoms with Crippen LogP contribution in [0, 0.1) is 5.92 Å². The highest BCUT2D eigenvalue weighted by atomic mass is 32.1. The summed E-state index contributed by atoms with van der Waals surface area (Å²) in [6.07, 6.45) is 1.23. The SMILES string of the molecule is COC(=S)NC1CC1C. The number of ether oxygens (including phenoxy) is 1. The van der Waals surface area contributed by atoms with E-state index >= 15 is 0 Å². The predicted octanol–water partition coefficient (Wildman–Crippen LogP) is 0.916. The van der Waals surface area contributed by atoms with Crippen LogP contribution in [0.15, 0.2) is 0 Å². The monoisotopic (exact) mass is 145 g/mol. The molecule has 0 heterocycles. The van der Waals surface area contributed by atoms with Gasteiger partial charge in [0.2, 0.25) is 0 Å². The summed E-state index contributed by atoms with van der Waals surface area (Å²) < 4.78 is 4.77. The minimum Gasteiger partial charge on any atom is -0.474 e. The maximum atomic E-state index is 4.79. The molecule has 0 aromatic carbocycles. The maximum Gasteiger partial charge on any atom is 0.256 e. The van der Waals surface area contributed by atoms with Crippen molar-refractivity contribution in [1.29, 1.82) is 0 Å². The van der Waals surface area contributed by atoms with Crippen molar-refractivity contribution in [2.24, 2.45) is 5.92 Å². The van der Waals surface area contributed by atoms with Gasteiger partial charge in [0.05, 0.1) is 7.11 Å². The van der Waals surface area contributed by atoms with Crippen LogP contribution in [-0.2, 0) is 4.74 Å². The van der Waals surface area contributed by atoms with Crippen molar-refractivity contribution in [2.75, 3.05) is 7.11 Å². The first-order chi connectivity index (χ1) is 4.24. The van der Waals surface area contributed by atoms with Gasteiger partial charge in [0.15, 0.2) is 0 Å². The van der Waals surface area contributed by atoms with Gasteiger partial charge in [0.1, 0.15) is 0 Å². The molecule has 1 rings (SSSR count). The van der Waals surface area contributed by atoms with Crippen molar-refractivity contribution in [1.82, 2.24) is 5.32 Å². The molecular weight excluding hydrogens is 134 g/mol. The summed E-state index contributed by atoms with van der Waals surface area (Å²) in [5.41, 5.74) is 0. The maximum absolute atomic E-state index is 4.79. The van der Waals surface area contributed by atoms with E-state index in [0.717, 1.165) is 5.92 Å². The zero-order valence-corrected chi connectivity index (χ0v) is 6.49. The van der Waals surface area contributed by atoms with E-state index in [0.29, 0.717) is 11.2 Å². The van der Waals surface area contributed by atoms with E-state index in [4.69, 9.17) is 17.0 Å². The van der Waals surface area contributed by atoms with Gasteiger partial charge in [0.25, 0.3) is 5.17 Å². The standard InChI is InChI=1S/C6H11NOS/c1-4-3-5(4)7-6(9)8-2/h4-5H,3H2,1-2H3,(H,7,9). The van der Waals surface area contributed by atoms with Crippen LogP contribution in [0.3, 0.4) is 0 Å². The van der Waals surface area contributed by atoms with Crippen molar-refractivity contribution in [3.8, 4) is 0 Å². The third kappa shape index (κ3) is 1.82. The smallest absolute Gasteiger partial charge is 0.256 e. The molecule has 52 valence electrons. The zero-order chi connectivity index (χ0) is 6.85. The Morgan fingerprint density at radius 2 is 2.33 bits per heavy atom. The summed E-state index contributed by atoms with van der Waals surface area (Å²) >= 11 is 4.79. The molecule has 2 nitrogen and oxygen atoms in total. The molecule has 2 unspecified atom stereocenters. The van der Waals surface area contributed by atoms with Gasteiger partial charge in [-0.25, -0.2) is 0 Å². The van der Waals surface area contributed by atoms with Crippen LogP contribution >= 0.6 is 12.2 Å². The number of rotatable bonds is 1. The largest absolute Gasteiger partial charge is 0.474 e. The van der Waals surface area contributed by atoms with E-state index in [9.17, 15) is 0 Å². The molecule has 0 aromatic rings. The summed E-state index contributed by atoms with van der Waals surface area (Å²) in [4.78, 5) is 0. The zero-order valence-electron chi connectivity index (χ0n) is 5.68. The molecule has 0 spiro atoms. The molecule has 1 N–H and O–H groups in total. The fourth-order valence-corrected chi connectivity index (χ4v) is 0.885. The summed E-state index contributed by atoms with van der Waals surface area (Å²) in [6.45, 7) is 2.19. The van der Waals surface area contributed by atoms with E-state index in [1.807, 2.05) is 0 Å². The molecule has 1 fully saturated rings. The van der Waals surface area contributed by atoms with E-state index in [-0.39, 0.29) is 0 Å². The minimum atomic E-state index is 0.518. The summed E-state index contributed by atoms with van der Waals surface area (Å²) in [5.74, 6) is 0.776. The van der Waals surface area contributed by atoms with Gasteiger partial charge in [-0.15, -0.1) is 0 Å². The van der Waals surface area contributed by atoms with Gasteiger partial charge in [-0.3, -0.25) is 0 Å². The molecule has 0 radical (unpaired) electrons. The average molecular weight is 145 g/mol. The molecule has 0 saturated heterocycles. The second-order valence-electron chi connectivity index (χ2n) is 2.46. The molecular formula is C6H11NOS. The Hall–Kier alpha value is -0.310. The van der Waals surface area contributed by atoms with Gasteiger partial charge in [-0.05, 0) is 24.6 Å². The van der Waals surface area contributed by atoms with Crippen LogP contribution in [0.25, 0.3) is 0 Å². The molecule has 0 bridgehead atoms. The molecule has 0 aliphatic heterocycles. The lowest BCUT2D eigenvalue weighted by molar-refractivity contribution is 0.391. The van der Waals surface area contributed by atoms with Crippen molar-refractivity contribution in [3.05, 3.63) is 0 Å². The van der Waals surface area contributed by atoms with Crippen LogP contribution in [0.4, 0.5) is 0 Å². The molecule has 0 aromatic heterocycles. The van der Waals surface area contributed by atoms with Crippen LogP contribution in [0.1, 0.15) is 13.3 Å². The minimum absolute atomic E-state index is 0.518. The van der Waals surface area contributed by atoms with E-state index in [2.05, 4.69) is 12.2 Å². The van der Waals surface area contributed by atoms with Crippen molar-refractivity contribution in [3.63, 3.8) is 0 Å². The average Bonchev–Trinajstić information content (AvgIpc) is 2.47. The molecule has 9 heavy (non-hydrogen) atoms. The van der Waals surface area contributed by atoms with Gasteiger partial charge >= 0.3 is 0 Å². The predicted molar refractivity (Wildman–Crippen MR) is 40.3 cm³/mol. The first-order valence-corrected chi connectivity index (χ1v) is 3.49. The first kappa shape index (κ1) is 6.81. The van der Waals surface area contributed by atoms with Crippen LogP contribution in [-0.4, -0.2) is 18.3 Å². The number of methoxy groups -OCH3 is 1. The van der Waals surface area contributed by atoms with E-state index in [1.54, 1.807) is 7.11 Å². The summed E-state index contributed by atoms with van der Waals surface area (Å²) in [6, 6.07) is 0.581. The lowest BCUT2D eigenvalue weighted by Crippen LogP contribution is -2.25. The van der Waals surface area contributed by atoms with Crippen molar-refractivity contribution >= 4 is 17.4 Å². The fourth-order valence-electron chi connectivity index (χ4n) is 0.733. The normalized spacial score (nSPS) is 31.3. The number of hydrogen-bond acceptors (Lipinski definition) is 2. The molecule has 3 heteroatoms. The van der Waals surface area contributed by atoms with E-state index < -0.39 is 0 Å². The Labute approximate surface area is 60.6 Å². The Morgan fingerprint density at radius 1 is 1.78 bits per heavy atom. The highest BCUT2D eigenvalue weighted by molar-refractivity contribution is 7.80. The topological polar surface area (TPSA) is 21.3 Å². The van der Waals surface area contributed by atoms with E-state index in [1.165, 1.54) is 6.42 Å². The highest BCUT2D eigenvalue weighted by Gasteiger charge is 2.33. The Balaban J connectivity index is 2.12. The van der Waals surface area contributed by atoms with Gasteiger partial charge in [-0.1, -0.05) is 6.92 Å². The van der Waals surface area contributed by atoms with Crippen molar-refractivity contribution in [2.45, 2.75) is 19.4 Å². The highest BCUT2D eigenvalue weighted by Crippen LogP contribution is 2.28. The second kappa shape index (κ2) is 2.52.